The molecule has 21 heavy (non-hydrogen) atoms. The fraction of sp³-hybridized carbons (Fsp3) is 0.278. The highest BCUT2D eigenvalue weighted by Gasteiger charge is 2.15. The fourth-order valence-corrected chi connectivity index (χ4v) is 3.19. The Morgan fingerprint density at radius 3 is 2.57 bits per heavy atom. The molecule has 1 unspecified atom stereocenters. The van der Waals surface area contributed by atoms with Gasteiger partial charge in [-0.15, -0.1) is 0 Å². The Labute approximate surface area is 139 Å². The smallest absolute Gasteiger partial charge is 0.251 e. The number of carbonyl (C=O) groups is 1. The number of hydrogen-bond donors (Lipinski definition) is 1. The van der Waals surface area contributed by atoms with E-state index in [4.69, 9.17) is 0 Å². The van der Waals surface area contributed by atoms with Gasteiger partial charge < -0.3 is 5.32 Å². The average Bonchev–Trinajstić information content (AvgIpc) is 2.95. The van der Waals surface area contributed by atoms with Gasteiger partial charge in [0.15, 0.2) is 0 Å². The number of benzene rings is 2. The first-order valence-corrected chi connectivity index (χ1v) is 8.39. The summed E-state index contributed by atoms with van der Waals surface area (Å²) in [5, 5.41) is 3.08. The van der Waals surface area contributed by atoms with Gasteiger partial charge in [0, 0.05) is 9.13 Å². The highest BCUT2D eigenvalue weighted by Crippen LogP contribution is 2.25. The zero-order valence-corrected chi connectivity index (χ0v) is 14.2. The van der Waals surface area contributed by atoms with E-state index in [2.05, 4.69) is 46.1 Å². The van der Waals surface area contributed by atoms with Gasteiger partial charge in [0.25, 0.3) is 5.91 Å². The van der Waals surface area contributed by atoms with Crippen molar-refractivity contribution < 1.29 is 4.79 Å². The summed E-state index contributed by atoms with van der Waals surface area (Å²) in [4.78, 5) is 12.3. The molecule has 1 aliphatic rings. The van der Waals surface area contributed by atoms with Crippen molar-refractivity contribution in [2.75, 3.05) is 0 Å². The standard InChI is InChI=1S/C18H18INO/c1-12(15-6-5-13-3-2-4-16(13)11-15)20-18(21)14-7-9-17(19)10-8-14/h5-12H,2-4H2,1H3,(H,20,21). The molecule has 0 spiro atoms. The van der Waals surface area contributed by atoms with Gasteiger partial charge in [-0.05, 0) is 89.7 Å². The second-order valence-electron chi connectivity index (χ2n) is 5.58. The van der Waals surface area contributed by atoms with Crippen LogP contribution in [-0.2, 0) is 12.8 Å². The molecule has 1 atom stereocenters. The minimum Gasteiger partial charge on any atom is -0.346 e. The zero-order chi connectivity index (χ0) is 14.8. The number of nitrogens with one attached hydrogen (secondary N) is 1. The third-order valence-electron chi connectivity index (χ3n) is 4.08. The summed E-state index contributed by atoms with van der Waals surface area (Å²) in [6, 6.07) is 14.3. The Morgan fingerprint density at radius 2 is 1.81 bits per heavy atom. The van der Waals surface area contributed by atoms with Gasteiger partial charge in [0.05, 0.1) is 6.04 Å². The van der Waals surface area contributed by atoms with E-state index in [0.717, 1.165) is 3.57 Å². The number of fused-ring (bicyclic) bond motifs is 1. The molecule has 0 bridgehead atoms. The third-order valence-corrected chi connectivity index (χ3v) is 4.80. The largest absolute Gasteiger partial charge is 0.346 e. The van der Waals surface area contributed by atoms with Gasteiger partial charge in [-0.25, -0.2) is 0 Å². The van der Waals surface area contributed by atoms with Crippen molar-refractivity contribution in [3.05, 3.63) is 68.3 Å². The zero-order valence-electron chi connectivity index (χ0n) is 12.0. The number of halogens is 1. The van der Waals surface area contributed by atoms with Crippen molar-refractivity contribution in [1.82, 2.24) is 5.32 Å². The van der Waals surface area contributed by atoms with Crippen LogP contribution in [0.2, 0.25) is 0 Å². The molecule has 0 radical (unpaired) electrons. The lowest BCUT2D eigenvalue weighted by Gasteiger charge is -2.15. The van der Waals surface area contributed by atoms with Crippen molar-refractivity contribution in [3.8, 4) is 0 Å². The van der Waals surface area contributed by atoms with Gasteiger partial charge in [-0.3, -0.25) is 4.79 Å². The van der Waals surface area contributed by atoms with Gasteiger partial charge in [-0.2, -0.15) is 0 Å². The molecule has 0 heterocycles. The van der Waals surface area contributed by atoms with Crippen LogP contribution in [0.15, 0.2) is 42.5 Å². The van der Waals surface area contributed by atoms with Crippen LogP contribution in [0.5, 0.6) is 0 Å². The summed E-state index contributed by atoms with van der Waals surface area (Å²) in [6.45, 7) is 2.04. The molecule has 0 saturated carbocycles. The van der Waals surface area contributed by atoms with Gasteiger partial charge in [0.2, 0.25) is 0 Å². The highest BCUT2D eigenvalue weighted by molar-refractivity contribution is 14.1. The van der Waals surface area contributed by atoms with E-state index in [1.807, 2.05) is 31.2 Å². The molecule has 2 aromatic carbocycles. The van der Waals surface area contributed by atoms with Crippen LogP contribution in [0.4, 0.5) is 0 Å². The van der Waals surface area contributed by atoms with E-state index < -0.39 is 0 Å². The molecule has 1 aliphatic carbocycles. The van der Waals surface area contributed by atoms with Crippen LogP contribution in [0.3, 0.4) is 0 Å². The Hall–Kier alpha value is -1.36. The van der Waals surface area contributed by atoms with Crippen molar-refractivity contribution in [2.24, 2.45) is 0 Å². The lowest BCUT2D eigenvalue weighted by molar-refractivity contribution is 0.0940. The van der Waals surface area contributed by atoms with Crippen LogP contribution in [0.1, 0.15) is 46.4 Å². The highest BCUT2D eigenvalue weighted by atomic mass is 127. The molecule has 3 rings (SSSR count). The summed E-state index contributed by atoms with van der Waals surface area (Å²) in [6.07, 6.45) is 3.61. The van der Waals surface area contributed by atoms with Crippen LogP contribution in [-0.4, -0.2) is 5.91 Å². The van der Waals surface area contributed by atoms with Crippen LogP contribution < -0.4 is 5.32 Å². The van der Waals surface area contributed by atoms with Crippen molar-refractivity contribution >= 4 is 28.5 Å². The van der Waals surface area contributed by atoms with Crippen molar-refractivity contribution in [1.29, 1.82) is 0 Å². The Balaban J connectivity index is 1.72. The lowest BCUT2D eigenvalue weighted by atomic mass is 10.0. The number of carbonyl (C=O) groups excluding carboxylic acids is 1. The summed E-state index contributed by atoms with van der Waals surface area (Å²) in [5.41, 5.74) is 4.82. The molecule has 2 aromatic rings. The van der Waals surface area contributed by atoms with E-state index in [1.165, 1.54) is 36.0 Å². The minimum atomic E-state index is -0.0144. The van der Waals surface area contributed by atoms with E-state index >= 15 is 0 Å². The Morgan fingerprint density at radius 1 is 1.10 bits per heavy atom. The Kier molecular flexibility index (Phi) is 4.29. The van der Waals surface area contributed by atoms with E-state index in [-0.39, 0.29) is 11.9 Å². The quantitative estimate of drug-likeness (QED) is 0.778. The molecule has 0 saturated heterocycles. The third kappa shape index (κ3) is 3.28. The number of aryl methyl sites for hydroxylation is 2. The molecule has 2 nitrogen and oxygen atoms in total. The summed E-state index contributed by atoms with van der Waals surface area (Å²) in [5.74, 6) is -0.0144. The maximum absolute atomic E-state index is 12.3. The first-order chi connectivity index (χ1) is 10.1. The second-order valence-corrected chi connectivity index (χ2v) is 6.83. The molecule has 0 fully saturated rings. The van der Waals surface area contributed by atoms with E-state index in [0.29, 0.717) is 5.56 Å². The predicted octanol–water partition coefficient (Wildman–Crippen LogP) is 4.27. The average molecular weight is 391 g/mol. The number of amides is 1. The van der Waals surface area contributed by atoms with Crippen LogP contribution >= 0.6 is 22.6 Å². The molecule has 1 amide bonds. The molecular weight excluding hydrogens is 373 g/mol. The van der Waals surface area contributed by atoms with Crippen LogP contribution in [0.25, 0.3) is 0 Å². The number of rotatable bonds is 3. The van der Waals surface area contributed by atoms with Gasteiger partial charge in [-0.1, -0.05) is 18.2 Å². The second kappa shape index (κ2) is 6.18. The van der Waals surface area contributed by atoms with Gasteiger partial charge >= 0.3 is 0 Å². The van der Waals surface area contributed by atoms with Crippen molar-refractivity contribution in [3.63, 3.8) is 0 Å². The monoisotopic (exact) mass is 391 g/mol. The first kappa shape index (κ1) is 14.6. The maximum Gasteiger partial charge on any atom is 0.251 e. The first-order valence-electron chi connectivity index (χ1n) is 7.31. The summed E-state index contributed by atoms with van der Waals surface area (Å²) >= 11 is 2.24. The molecule has 0 aliphatic heterocycles. The van der Waals surface area contributed by atoms with Gasteiger partial charge in [0.1, 0.15) is 0 Å². The summed E-state index contributed by atoms with van der Waals surface area (Å²) in [7, 11) is 0. The molecule has 1 N–H and O–H groups in total. The van der Waals surface area contributed by atoms with Crippen molar-refractivity contribution in [2.45, 2.75) is 32.2 Å². The van der Waals surface area contributed by atoms with E-state index in [9.17, 15) is 4.79 Å². The maximum atomic E-state index is 12.3. The van der Waals surface area contributed by atoms with E-state index in [1.54, 1.807) is 0 Å². The van der Waals surface area contributed by atoms with Crippen LogP contribution in [0, 0.1) is 3.57 Å². The molecule has 3 heteroatoms. The fourth-order valence-electron chi connectivity index (χ4n) is 2.83. The SMILES string of the molecule is CC(NC(=O)c1ccc(I)cc1)c1ccc2c(c1)CCC2. The molecule has 108 valence electrons. The minimum absolute atomic E-state index is 0.0144. The summed E-state index contributed by atoms with van der Waals surface area (Å²) < 4.78 is 1.14. The topological polar surface area (TPSA) is 29.1 Å². The normalized spacial score (nSPS) is 14.6. The number of hydrogen-bond acceptors (Lipinski definition) is 1. The predicted molar refractivity (Wildman–Crippen MR) is 93.5 cm³/mol. The lowest BCUT2D eigenvalue weighted by Crippen LogP contribution is -2.26. The molecular formula is C18H18INO. The Bertz CT molecular complexity index is 663. The molecule has 0 aromatic heterocycles.